The molecule has 0 bridgehead atoms. The molecule has 2 heterocycles. The average molecular weight is 233 g/mol. The van der Waals surface area contributed by atoms with Gasteiger partial charge >= 0.3 is 5.97 Å². The number of ether oxygens (including phenoxy) is 1. The third-order valence-corrected chi connectivity index (χ3v) is 3.20. The topological polar surface area (TPSA) is 42.4 Å². The van der Waals surface area contributed by atoms with Crippen molar-refractivity contribution in [2.75, 3.05) is 25.1 Å². The first-order chi connectivity index (χ1) is 8.24. The van der Waals surface area contributed by atoms with Gasteiger partial charge in [0.2, 0.25) is 0 Å². The van der Waals surface area contributed by atoms with E-state index in [0.29, 0.717) is 5.56 Å². The Bertz CT molecular complexity index is 412. The Balaban J connectivity index is 2.31. The summed E-state index contributed by atoms with van der Waals surface area (Å²) in [4.78, 5) is 17.8. The lowest BCUT2D eigenvalue weighted by Crippen LogP contribution is -2.30. The maximum atomic E-state index is 11.6. The number of methoxy groups -OCH3 is 1. The van der Waals surface area contributed by atoms with E-state index >= 15 is 0 Å². The first-order valence-electron chi connectivity index (χ1n) is 5.94. The second-order valence-corrected chi connectivity index (χ2v) is 4.30. The maximum Gasteiger partial charge on any atom is 0.339 e. The minimum atomic E-state index is -0.331. The minimum Gasteiger partial charge on any atom is -0.465 e. The Morgan fingerprint density at radius 2 is 2.12 bits per heavy atom. The van der Waals surface area contributed by atoms with Gasteiger partial charge in [0, 0.05) is 19.3 Å². The molecule has 1 aromatic heterocycles. The van der Waals surface area contributed by atoms with E-state index in [2.05, 4.69) is 16.1 Å². The second-order valence-electron chi connectivity index (χ2n) is 4.30. The number of esters is 1. The molecule has 1 aromatic rings. The van der Waals surface area contributed by atoms with Gasteiger partial charge in [0.15, 0.2) is 0 Å². The van der Waals surface area contributed by atoms with Gasteiger partial charge in [-0.15, -0.1) is 0 Å². The molecular formula is C13H17N2O2. The van der Waals surface area contributed by atoms with Crippen LogP contribution in [0.3, 0.4) is 0 Å². The summed E-state index contributed by atoms with van der Waals surface area (Å²) in [5.41, 5.74) is 2.38. The summed E-state index contributed by atoms with van der Waals surface area (Å²) in [6.07, 6.45) is 8.17. The highest BCUT2D eigenvalue weighted by Crippen LogP contribution is 2.24. The highest BCUT2D eigenvalue weighted by Gasteiger charge is 2.18. The van der Waals surface area contributed by atoms with Crippen LogP contribution in [0.5, 0.6) is 0 Å². The van der Waals surface area contributed by atoms with Gasteiger partial charge < -0.3 is 9.64 Å². The summed E-state index contributed by atoms with van der Waals surface area (Å²) in [6.45, 7) is 3.96. The maximum absolute atomic E-state index is 11.6. The molecule has 1 aliphatic rings. The van der Waals surface area contributed by atoms with Crippen LogP contribution in [0.25, 0.3) is 0 Å². The monoisotopic (exact) mass is 233 g/mol. The second kappa shape index (κ2) is 5.17. The van der Waals surface area contributed by atoms with Crippen molar-refractivity contribution < 1.29 is 9.53 Å². The molecule has 1 radical (unpaired) electrons. The number of carbonyl (C=O) groups excluding carboxylic acids is 1. The van der Waals surface area contributed by atoms with Crippen molar-refractivity contribution in [3.05, 3.63) is 23.5 Å². The molecule has 0 atom stereocenters. The molecule has 0 unspecified atom stereocenters. The fourth-order valence-electron chi connectivity index (χ4n) is 2.21. The summed E-state index contributed by atoms with van der Waals surface area (Å²) in [5, 5.41) is 0. The average Bonchev–Trinajstić information content (AvgIpc) is 2.39. The Morgan fingerprint density at radius 1 is 1.41 bits per heavy atom. The van der Waals surface area contributed by atoms with Gasteiger partial charge in [-0.2, -0.15) is 0 Å². The lowest BCUT2D eigenvalue weighted by atomic mass is 10.1. The Hall–Kier alpha value is -1.58. The zero-order valence-electron chi connectivity index (χ0n) is 10.3. The highest BCUT2D eigenvalue weighted by atomic mass is 16.5. The summed E-state index contributed by atoms with van der Waals surface area (Å²) < 4.78 is 4.75. The van der Waals surface area contributed by atoms with Crippen LogP contribution in [-0.2, 0) is 4.74 Å². The molecule has 1 fully saturated rings. The summed E-state index contributed by atoms with van der Waals surface area (Å²) in [7, 11) is 1.39. The smallest absolute Gasteiger partial charge is 0.339 e. The van der Waals surface area contributed by atoms with E-state index in [1.165, 1.54) is 32.6 Å². The number of aromatic nitrogens is 1. The van der Waals surface area contributed by atoms with Gasteiger partial charge in [-0.3, -0.25) is 4.98 Å². The normalized spacial score (nSPS) is 15.8. The number of hydrogen-bond donors (Lipinski definition) is 0. The largest absolute Gasteiger partial charge is 0.465 e. The van der Waals surface area contributed by atoms with E-state index in [1.807, 2.05) is 6.92 Å². The van der Waals surface area contributed by atoms with Crippen molar-refractivity contribution in [2.24, 2.45) is 0 Å². The quantitative estimate of drug-likeness (QED) is 0.732. The van der Waals surface area contributed by atoms with Crippen molar-refractivity contribution in [3.8, 4) is 0 Å². The predicted molar refractivity (Wildman–Crippen MR) is 65.2 cm³/mol. The van der Waals surface area contributed by atoms with E-state index < -0.39 is 0 Å². The Kier molecular flexibility index (Phi) is 3.61. The molecule has 2 rings (SSSR count). The lowest BCUT2D eigenvalue weighted by molar-refractivity contribution is 0.0599. The van der Waals surface area contributed by atoms with E-state index in [4.69, 9.17) is 4.74 Å². The van der Waals surface area contributed by atoms with Crippen LogP contribution in [0.1, 0.15) is 35.2 Å². The number of hydrogen-bond acceptors (Lipinski definition) is 4. The van der Waals surface area contributed by atoms with Gasteiger partial charge in [0.05, 0.1) is 18.4 Å². The lowest BCUT2D eigenvalue weighted by Gasteiger charge is -2.29. The zero-order chi connectivity index (χ0) is 12.3. The molecule has 0 aliphatic carbocycles. The van der Waals surface area contributed by atoms with Gasteiger partial charge in [0.25, 0.3) is 0 Å². The number of anilines is 1. The SMILES string of the molecule is COC(=O)c1cn[c]c(N2CCCCC2)c1C. The molecular weight excluding hydrogens is 216 g/mol. The molecule has 1 saturated heterocycles. The van der Waals surface area contributed by atoms with Crippen LogP contribution in [0.15, 0.2) is 6.20 Å². The fourth-order valence-corrected chi connectivity index (χ4v) is 2.21. The number of rotatable bonds is 2. The predicted octanol–water partition coefficient (Wildman–Crippen LogP) is 1.97. The number of pyridine rings is 1. The molecule has 4 nitrogen and oxygen atoms in total. The minimum absolute atomic E-state index is 0.331. The molecule has 4 heteroatoms. The van der Waals surface area contributed by atoms with Crippen LogP contribution in [-0.4, -0.2) is 31.2 Å². The Labute approximate surface area is 102 Å². The van der Waals surface area contributed by atoms with Crippen LogP contribution < -0.4 is 4.90 Å². The molecule has 0 spiro atoms. The van der Waals surface area contributed by atoms with Crippen molar-refractivity contribution in [3.63, 3.8) is 0 Å². The van der Waals surface area contributed by atoms with Crippen LogP contribution in [0.2, 0.25) is 0 Å². The summed E-state index contributed by atoms with van der Waals surface area (Å²) in [6, 6.07) is 0. The van der Waals surface area contributed by atoms with E-state index in [-0.39, 0.29) is 5.97 Å². The van der Waals surface area contributed by atoms with Gasteiger partial charge in [-0.1, -0.05) is 0 Å². The third-order valence-electron chi connectivity index (χ3n) is 3.20. The van der Waals surface area contributed by atoms with Crippen molar-refractivity contribution in [1.29, 1.82) is 0 Å². The molecule has 1 aliphatic heterocycles. The first-order valence-corrected chi connectivity index (χ1v) is 5.94. The molecule has 0 aromatic carbocycles. The van der Waals surface area contributed by atoms with Crippen LogP contribution in [0, 0.1) is 13.1 Å². The Morgan fingerprint density at radius 3 is 2.76 bits per heavy atom. The molecule has 17 heavy (non-hydrogen) atoms. The molecule has 0 saturated carbocycles. The van der Waals surface area contributed by atoms with E-state index in [9.17, 15) is 4.79 Å². The fraction of sp³-hybridized carbons (Fsp3) is 0.538. The van der Waals surface area contributed by atoms with Crippen molar-refractivity contribution in [1.82, 2.24) is 4.98 Å². The summed E-state index contributed by atoms with van der Waals surface area (Å²) >= 11 is 0. The molecule has 91 valence electrons. The highest BCUT2D eigenvalue weighted by molar-refractivity contribution is 5.92. The van der Waals surface area contributed by atoms with Crippen molar-refractivity contribution >= 4 is 11.7 Å². The van der Waals surface area contributed by atoms with Gasteiger partial charge in [-0.05, 0) is 31.7 Å². The standard InChI is InChI=1S/C13H17N2O2/c1-10-11(13(16)17-2)8-14-9-12(10)15-6-4-3-5-7-15/h8H,3-7H2,1-2H3. The molecule has 0 amide bonds. The number of piperidine rings is 1. The van der Waals surface area contributed by atoms with Crippen LogP contribution in [0.4, 0.5) is 5.69 Å². The van der Waals surface area contributed by atoms with Crippen molar-refractivity contribution in [2.45, 2.75) is 26.2 Å². The third kappa shape index (κ3) is 2.40. The number of nitrogens with zero attached hydrogens (tertiary/aromatic N) is 2. The van der Waals surface area contributed by atoms with E-state index in [1.54, 1.807) is 0 Å². The van der Waals surface area contributed by atoms with Crippen LogP contribution >= 0.6 is 0 Å². The molecule has 0 N–H and O–H groups in total. The summed E-state index contributed by atoms with van der Waals surface area (Å²) in [5.74, 6) is -0.331. The zero-order valence-corrected chi connectivity index (χ0v) is 10.3. The number of carbonyl (C=O) groups is 1. The van der Waals surface area contributed by atoms with Gasteiger partial charge in [-0.25, -0.2) is 4.79 Å². The van der Waals surface area contributed by atoms with E-state index in [0.717, 1.165) is 24.3 Å². The van der Waals surface area contributed by atoms with Gasteiger partial charge in [0.1, 0.15) is 6.20 Å². The first kappa shape index (κ1) is 11.9.